The van der Waals surface area contributed by atoms with Gasteiger partial charge in [-0.15, -0.1) is 0 Å². The van der Waals surface area contributed by atoms with Crippen LogP contribution < -0.4 is 0 Å². The minimum atomic E-state index is 0. The molecule has 0 heterocycles. The van der Waals surface area contributed by atoms with Gasteiger partial charge in [0, 0.05) is 41.9 Å². The Bertz CT molecular complexity index is 12.8. The zero-order chi connectivity index (χ0) is 2.00. The molecule has 4 heavy (non-hydrogen) atoms. The molecule has 3 heteroatoms. The fraction of sp³-hybridized carbons (Fsp3) is 0. The van der Waals surface area contributed by atoms with Gasteiger partial charge < -0.3 is 11.8 Å². The molecule has 0 rings (SSSR count). The van der Waals surface area contributed by atoms with Gasteiger partial charge in [-0.05, 0) is 0 Å². The van der Waals surface area contributed by atoms with Crippen LogP contribution in [-0.2, 0) is 41.9 Å². The van der Waals surface area contributed by atoms with E-state index in [4.69, 9.17) is 11.8 Å². The molecule has 0 spiro atoms. The van der Waals surface area contributed by atoms with E-state index >= 15 is 0 Å². The van der Waals surface area contributed by atoms with Gasteiger partial charge in [0.1, 0.15) is 0 Å². The van der Waals surface area contributed by atoms with Crippen molar-refractivity contribution in [1.29, 1.82) is 5.26 Å². The van der Waals surface area contributed by atoms with Crippen LogP contribution >= 0.6 is 0 Å². The van der Waals surface area contributed by atoms with Crippen molar-refractivity contribution in [1.82, 2.24) is 0 Å². The van der Waals surface area contributed by atoms with Crippen LogP contribution in [0, 0.1) is 11.8 Å². The molecule has 0 unspecified atom stereocenters. The molecular formula is CAuNZn-. The molecule has 0 aromatic rings. The van der Waals surface area contributed by atoms with Gasteiger partial charge in [-0.25, -0.2) is 0 Å². The molecule has 0 aliphatic carbocycles. The maximum atomic E-state index is 6.25. The van der Waals surface area contributed by atoms with Crippen LogP contribution in [0.4, 0.5) is 0 Å². The standard InChI is InChI=1S/CN.Au.Zn/c1-2;;/q-1;;. The molecule has 0 saturated heterocycles. The molecule has 0 aliphatic heterocycles. The maximum absolute atomic E-state index is 6.25. The average Bonchev–Trinajstić information content (AvgIpc) is 1.00. The summed E-state index contributed by atoms with van der Waals surface area (Å²) in [4.78, 5) is 0. The van der Waals surface area contributed by atoms with Crippen molar-refractivity contribution in [2.24, 2.45) is 0 Å². The quantitative estimate of drug-likeness (QED) is 0.458. The summed E-state index contributed by atoms with van der Waals surface area (Å²) in [5.41, 5.74) is 0. The largest absolute Gasteiger partial charge is 0.512 e. The van der Waals surface area contributed by atoms with Gasteiger partial charge in [0.05, 0.1) is 0 Å². The molecule has 0 amide bonds. The van der Waals surface area contributed by atoms with Crippen LogP contribution in [-0.4, -0.2) is 0 Å². The number of hydrogen-bond donors (Lipinski definition) is 0. The van der Waals surface area contributed by atoms with Crippen molar-refractivity contribution in [3.8, 4) is 0 Å². The molecule has 1 nitrogen and oxygen atoms in total. The third kappa shape index (κ3) is 13.5. The fourth-order valence-electron chi connectivity index (χ4n) is 0. The third-order valence-electron chi connectivity index (χ3n) is 0. The summed E-state index contributed by atoms with van der Waals surface area (Å²) in [7, 11) is 0. The van der Waals surface area contributed by atoms with Crippen LogP contribution in [0.1, 0.15) is 0 Å². The SMILES string of the molecule is [Au].[C-]#N.[Zn]. The second-order valence-electron chi connectivity index (χ2n) is 0. The Morgan fingerprint density at radius 2 is 1.25 bits per heavy atom. The Morgan fingerprint density at radius 1 is 1.25 bits per heavy atom. The zero-order valence-corrected chi connectivity index (χ0v) is 7.09. The Hall–Kier alpha value is 0.854. The van der Waals surface area contributed by atoms with Crippen molar-refractivity contribution < 1.29 is 41.9 Å². The second kappa shape index (κ2) is 43.1. The summed E-state index contributed by atoms with van der Waals surface area (Å²) in [5.74, 6) is 0. The topological polar surface area (TPSA) is 23.8 Å². The van der Waals surface area contributed by atoms with Crippen LogP contribution in [0.3, 0.4) is 0 Å². The van der Waals surface area contributed by atoms with Crippen LogP contribution in [0.25, 0.3) is 0 Å². The van der Waals surface area contributed by atoms with Crippen molar-refractivity contribution in [2.45, 2.75) is 0 Å². The summed E-state index contributed by atoms with van der Waals surface area (Å²) in [5, 5.41) is 6.25. The van der Waals surface area contributed by atoms with Crippen molar-refractivity contribution in [3.63, 3.8) is 0 Å². The Morgan fingerprint density at radius 3 is 1.25 bits per heavy atom. The van der Waals surface area contributed by atoms with Crippen LogP contribution in [0.2, 0.25) is 0 Å². The van der Waals surface area contributed by atoms with E-state index in [1.807, 2.05) is 0 Å². The van der Waals surface area contributed by atoms with E-state index < -0.39 is 0 Å². The van der Waals surface area contributed by atoms with Gasteiger partial charge in [-0.1, -0.05) is 0 Å². The monoisotopic (exact) mass is 287 g/mol. The zero-order valence-electron chi connectivity index (χ0n) is 1.96. The first kappa shape index (κ1) is 21.0. The normalized spacial score (nSPS) is 0.500. The molecule has 0 aromatic heterocycles. The first-order chi connectivity index (χ1) is 1.00. The molecular weight excluding hydrogens is 288 g/mol. The van der Waals surface area contributed by atoms with Crippen molar-refractivity contribution >= 4 is 0 Å². The smallest absolute Gasteiger partial charge is 0 e. The van der Waals surface area contributed by atoms with Gasteiger partial charge >= 0.3 is 0 Å². The van der Waals surface area contributed by atoms with Crippen molar-refractivity contribution in [2.75, 3.05) is 0 Å². The van der Waals surface area contributed by atoms with Gasteiger partial charge in [0.2, 0.25) is 0 Å². The van der Waals surface area contributed by atoms with Crippen LogP contribution in [0.15, 0.2) is 0 Å². The fourth-order valence-corrected chi connectivity index (χ4v) is 0. The number of hydrogen-bond acceptors (Lipinski definition) is 1. The molecule has 0 aliphatic rings. The van der Waals surface area contributed by atoms with E-state index in [1.165, 1.54) is 0 Å². The van der Waals surface area contributed by atoms with Crippen molar-refractivity contribution in [3.05, 3.63) is 6.57 Å². The van der Waals surface area contributed by atoms with E-state index in [-0.39, 0.29) is 41.9 Å². The van der Waals surface area contributed by atoms with Crippen LogP contribution in [0.5, 0.6) is 0 Å². The summed E-state index contributed by atoms with van der Waals surface area (Å²) in [6.45, 7) is 4.75. The van der Waals surface area contributed by atoms with E-state index in [1.54, 1.807) is 0 Å². The Balaban J connectivity index is -0.00000000500. The number of rotatable bonds is 0. The molecule has 0 bridgehead atoms. The molecule has 23 valence electrons. The minimum Gasteiger partial charge on any atom is -0.512 e. The van der Waals surface area contributed by atoms with Gasteiger partial charge in [-0.2, -0.15) is 0 Å². The second-order valence-corrected chi connectivity index (χ2v) is 0. The van der Waals surface area contributed by atoms with E-state index in [2.05, 4.69) is 0 Å². The average molecular weight is 288 g/mol. The molecule has 1 radical (unpaired) electrons. The third-order valence-corrected chi connectivity index (χ3v) is 0. The summed E-state index contributed by atoms with van der Waals surface area (Å²) >= 11 is 0. The number of nitrogens with zero attached hydrogens (tertiary/aromatic N) is 1. The summed E-state index contributed by atoms with van der Waals surface area (Å²) < 4.78 is 0. The van der Waals surface area contributed by atoms with E-state index in [0.717, 1.165) is 0 Å². The Labute approximate surface area is 53.6 Å². The summed E-state index contributed by atoms with van der Waals surface area (Å²) in [6.07, 6.45) is 0. The van der Waals surface area contributed by atoms with E-state index in [0.29, 0.717) is 0 Å². The minimum absolute atomic E-state index is 0. The van der Waals surface area contributed by atoms with E-state index in [9.17, 15) is 0 Å². The predicted octanol–water partition coefficient (Wildman–Crippen LogP) is 0.0914. The Kier molecular flexibility index (Phi) is 226. The predicted molar refractivity (Wildman–Crippen MR) is 4.97 cm³/mol. The van der Waals surface area contributed by atoms with Gasteiger partial charge in [0.25, 0.3) is 0 Å². The first-order valence-electron chi connectivity index (χ1n) is 0.224. The van der Waals surface area contributed by atoms with Gasteiger partial charge in [-0.3, -0.25) is 0 Å². The molecule has 0 N–H and O–H groups in total. The first-order valence-corrected chi connectivity index (χ1v) is 0.224. The molecule has 0 atom stereocenters. The molecule has 0 saturated carbocycles. The van der Waals surface area contributed by atoms with Gasteiger partial charge in [0.15, 0.2) is 0 Å². The molecule has 0 aromatic carbocycles. The molecule has 0 fully saturated rings. The summed E-state index contributed by atoms with van der Waals surface area (Å²) in [6, 6.07) is 0. The maximum Gasteiger partial charge on any atom is 0 e.